The van der Waals surface area contributed by atoms with E-state index in [-0.39, 0.29) is 17.5 Å². The zero-order chi connectivity index (χ0) is 24.7. The van der Waals surface area contributed by atoms with Gasteiger partial charge in [0.25, 0.3) is 0 Å². The first-order chi connectivity index (χ1) is 16.2. The third-order valence-corrected chi connectivity index (χ3v) is 7.02. The number of hydrogen-bond donors (Lipinski definition) is 1. The Hall–Kier alpha value is -2.93. The Labute approximate surface area is 201 Å². The van der Waals surface area contributed by atoms with E-state index in [1.54, 1.807) is 0 Å². The quantitative estimate of drug-likeness (QED) is 0.332. The van der Waals surface area contributed by atoms with Crippen molar-refractivity contribution in [3.63, 3.8) is 0 Å². The van der Waals surface area contributed by atoms with Crippen molar-refractivity contribution in [2.75, 3.05) is 13.7 Å². The van der Waals surface area contributed by atoms with Gasteiger partial charge in [0, 0.05) is 0 Å². The first-order valence-corrected chi connectivity index (χ1v) is 12.7. The van der Waals surface area contributed by atoms with Gasteiger partial charge in [0.2, 0.25) is 0 Å². The SMILES string of the molecule is COc1nc([As]CCc2ccc(C(F)(F)F)cc2F)cc(-c2cccc(CCNC(C)=O)c2)n1. The molecule has 1 amide bonds. The van der Waals surface area contributed by atoms with Crippen LogP contribution in [0.15, 0.2) is 48.5 Å². The number of nitrogens with one attached hydrogen (secondary N) is 1. The van der Waals surface area contributed by atoms with E-state index in [0.29, 0.717) is 36.4 Å². The van der Waals surface area contributed by atoms with Gasteiger partial charge in [-0.2, -0.15) is 0 Å². The van der Waals surface area contributed by atoms with Gasteiger partial charge in [0.1, 0.15) is 0 Å². The molecule has 0 atom stereocenters. The molecule has 2 aromatic carbocycles. The number of methoxy groups -OCH3 is 1. The van der Waals surface area contributed by atoms with Crippen LogP contribution in [0.5, 0.6) is 6.01 Å². The predicted molar refractivity (Wildman–Crippen MR) is 122 cm³/mol. The summed E-state index contributed by atoms with van der Waals surface area (Å²) >= 11 is -0.500. The Kier molecular flexibility index (Phi) is 8.66. The Balaban J connectivity index is 1.71. The van der Waals surface area contributed by atoms with Crippen LogP contribution < -0.4 is 14.5 Å². The van der Waals surface area contributed by atoms with Crippen molar-refractivity contribution in [1.82, 2.24) is 15.3 Å². The van der Waals surface area contributed by atoms with Gasteiger partial charge in [-0.25, -0.2) is 0 Å². The van der Waals surface area contributed by atoms with Gasteiger partial charge >= 0.3 is 202 Å². The third-order valence-electron chi connectivity index (χ3n) is 4.92. The van der Waals surface area contributed by atoms with Crippen LogP contribution in [-0.2, 0) is 23.8 Å². The molecular formula is C24H23AsF4N3O2. The van der Waals surface area contributed by atoms with E-state index in [4.69, 9.17) is 4.74 Å². The average molecular weight is 536 g/mol. The van der Waals surface area contributed by atoms with Crippen LogP contribution in [0, 0.1) is 5.82 Å². The van der Waals surface area contributed by atoms with Crippen molar-refractivity contribution < 1.29 is 27.1 Å². The molecule has 0 saturated heterocycles. The molecule has 0 saturated carbocycles. The van der Waals surface area contributed by atoms with Crippen molar-refractivity contribution in [1.29, 1.82) is 0 Å². The molecule has 0 unspecified atom stereocenters. The van der Waals surface area contributed by atoms with E-state index in [0.717, 1.165) is 21.7 Å². The number of nitrogens with zero attached hydrogens (tertiary/aromatic N) is 2. The molecule has 5 nitrogen and oxygen atoms in total. The molecule has 0 aliphatic carbocycles. The number of amides is 1. The van der Waals surface area contributed by atoms with Crippen molar-refractivity contribution in [3.8, 4) is 17.3 Å². The van der Waals surface area contributed by atoms with E-state index in [2.05, 4.69) is 15.3 Å². The fourth-order valence-electron chi connectivity index (χ4n) is 3.22. The molecule has 0 bridgehead atoms. The molecule has 1 heterocycles. The Morgan fingerprint density at radius 1 is 1.09 bits per heavy atom. The number of ether oxygens (including phenoxy) is 1. The minimum absolute atomic E-state index is 0.0825. The standard InChI is InChI=1S/C24H23AsF4N3O2/c1-15(33)30-11-9-16-4-3-5-18(12-16)21-14-22(32-23(31-21)34-2)25-10-8-17-6-7-19(13-20(17)26)24(27,28)29/h3-7,12-14H,8-11H2,1-2H3,(H,30,33). The van der Waals surface area contributed by atoms with Gasteiger partial charge in [0.15, 0.2) is 0 Å². The second kappa shape index (κ2) is 11.5. The van der Waals surface area contributed by atoms with Crippen LogP contribution in [0.1, 0.15) is 23.6 Å². The van der Waals surface area contributed by atoms with Crippen molar-refractivity contribution in [2.24, 2.45) is 0 Å². The van der Waals surface area contributed by atoms with E-state index in [1.807, 2.05) is 30.3 Å². The number of halogens is 4. The second-order valence-electron chi connectivity index (χ2n) is 7.47. The molecule has 1 N–H and O–H groups in total. The topological polar surface area (TPSA) is 64.1 Å². The number of carbonyl (C=O) groups excluding carboxylic acids is 1. The van der Waals surface area contributed by atoms with E-state index in [9.17, 15) is 22.4 Å². The summed E-state index contributed by atoms with van der Waals surface area (Å²) in [5.41, 5.74) is 1.84. The molecular weight excluding hydrogens is 513 g/mol. The summed E-state index contributed by atoms with van der Waals surface area (Å²) in [5.74, 6) is -0.936. The maximum atomic E-state index is 14.1. The zero-order valence-corrected chi connectivity index (χ0v) is 20.5. The summed E-state index contributed by atoms with van der Waals surface area (Å²) < 4.78 is 58.3. The molecule has 0 fully saturated rings. The van der Waals surface area contributed by atoms with Gasteiger partial charge in [-0.3, -0.25) is 0 Å². The summed E-state index contributed by atoms with van der Waals surface area (Å²) in [6.07, 6.45) is -3.59. The second-order valence-corrected chi connectivity index (χ2v) is 10.0. The third kappa shape index (κ3) is 7.28. The van der Waals surface area contributed by atoms with E-state index < -0.39 is 33.3 Å². The van der Waals surface area contributed by atoms with Crippen molar-refractivity contribution in [2.45, 2.75) is 31.2 Å². The van der Waals surface area contributed by atoms with Crippen LogP contribution in [0.3, 0.4) is 0 Å². The van der Waals surface area contributed by atoms with Crippen LogP contribution in [0.4, 0.5) is 17.6 Å². The molecule has 179 valence electrons. The number of rotatable bonds is 9. The number of aryl methyl sites for hydroxylation is 1. The number of aromatic nitrogens is 2. The van der Waals surface area contributed by atoms with E-state index >= 15 is 0 Å². The summed E-state index contributed by atoms with van der Waals surface area (Å²) in [6.45, 7) is 2.00. The molecule has 0 aliphatic heterocycles. The zero-order valence-electron chi connectivity index (χ0n) is 18.6. The summed E-state index contributed by atoms with van der Waals surface area (Å²) in [7, 11) is 1.47. The Bertz CT molecular complexity index is 1160. The maximum absolute atomic E-state index is 14.1. The number of carbonyl (C=O) groups is 1. The molecule has 1 radical (unpaired) electrons. The fourth-order valence-corrected chi connectivity index (χ4v) is 5.22. The number of hydrogen-bond acceptors (Lipinski definition) is 4. The van der Waals surface area contributed by atoms with Gasteiger partial charge < -0.3 is 0 Å². The molecule has 0 aliphatic rings. The molecule has 3 rings (SSSR count). The summed E-state index contributed by atoms with van der Waals surface area (Å²) in [5, 5.41) is 3.35. The average Bonchev–Trinajstić information content (AvgIpc) is 2.79. The molecule has 0 spiro atoms. The fraction of sp³-hybridized carbons (Fsp3) is 0.292. The molecule has 10 heteroatoms. The molecule has 3 aromatic rings. The van der Waals surface area contributed by atoms with Crippen LogP contribution in [0.2, 0.25) is 5.21 Å². The Morgan fingerprint density at radius 2 is 1.88 bits per heavy atom. The molecule has 1 aromatic heterocycles. The van der Waals surface area contributed by atoms with Crippen LogP contribution >= 0.6 is 0 Å². The van der Waals surface area contributed by atoms with Gasteiger partial charge in [-0.1, -0.05) is 0 Å². The summed E-state index contributed by atoms with van der Waals surface area (Å²) in [4.78, 5) is 19.9. The van der Waals surface area contributed by atoms with Crippen molar-refractivity contribution in [3.05, 3.63) is 71.0 Å². The number of alkyl halides is 3. The number of benzene rings is 2. The molecule has 34 heavy (non-hydrogen) atoms. The van der Waals surface area contributed by atoms with Gasteiger partial charge in [-0.05, 0) is 0 Å². The van der Waals surface area contributed by atoms with Crippen LogP contribution in [0.25, 0.3) is 11.3 Å². The first-order valence-electron chi connectivity index (χ1n) is 10.5. The van der Waals surface area contributed by atoms with Crippen molar-refractivity contribution >= 4 is 26.1 Å². The first kappa shape index (κ1) is 25.7. The summed E-state index contributed by atoms with van der Waals surface area (Å²) in [6, 6.07) is 12.5. The normalized spacial score (nSPS) is 11.7. The van der Waals surface area contributed by atoms with Gasteiger partial charge in [0.05, 0.1) is 0 Å². The Morgan fingerprint density at radius 3 is 2.56 bits per heavy atom. The van der Waals surface area contributed by atoms with Gasteiger partial charge in [-0.15, -0.1) is 0 Å². The van der Waals surface area contributed by atoms with E-state index in [1.165, 1.54) is 20.1 Å². The predicted octanol–water partition coefficient (Wildman–Crippen LogP) is 3.98. The minimum atomic E-state index is -4.57. The van der Waals surface area contributed by atoms with Crippen LogP contribution in [-0.4, -0.2) is 45.3 Å². The monoisotopic (exact) mass is 536 g/mol.